The van der Waals surface area contributed by atoms with Gasteiger partial charge in [-0.05, 0) is 50.8 Å². The van der Waals surface area contributed by atoms with E-state index in [1.165, 1.54) is 6.07 Å². The highest BCUT2D eigenvalue weighted by Crippen LogP contribution is 2.26. The molecule has 0 aromatic heterocycles. The number of carbonyl (C=O) groups is 1. The zero-order chi connectivity index (χ0) is 20.6. The van der Waals surface area contributed by atoms with Crippen molar-refractivity contribution in [2.24, 2.45) is 0 Å². The molecule has 1 N–H and O–H groups in total. The van der Waals surface area contributed by atoms with Gasteiger partial charge in [0.2, 0.25) is 10.0 Å². The van der Waals surface area contributed by atoms with E-state index in [4.69, 9.17) is 9.47 Å². The smallest absolute Gasteiger partial charge is 0.251 e. The highest BCUT2D eigenvalue weighted by Gasteiger charge is 2.31. The molecule has 1 aliphatic heterocycles. The van der Waals surface area contributed by atoms with Crippen LogP contribution >= 0.6 is 0 Å². The fraction of sp³-hybridized carbons (Fsp3) is 0.650. The summed E-state index contributed by atoms with van der Waals surface area (Å²) in [5, 5.41) is 2.84. The highest BCUT2D eigenvalue weighted by molar-refractivity contribution is 7.89. The molecule has 1 saturated heterocycles. The van der Waals surface area contributed by atoms with Crippen LogP contribution in [0.25, 0.3) is 0 Å². The Balaban J connectivity index is 2.01. The van der Waals surface area contributed by atoms with E-state index in [-0.39, 0.29) is 16.8 Å². The molecule has 8 heteroatoms. The van der Waals surface area contributed by atoms with Crippen LogP contribution in [0.15, 0.2) is 23.1 Å². The Morgan fingerprint density at radius 1 is 1.25 bits per heavy atom. The number of amides is 1. The molecule has 0 radical (unpaired) electrons. The number of ether oxygens (including phenoxy) is 2. The van der Waals surface area contributed by atoms with Crippen molar-refractivity contribution in [1.29, 1.82) is 0 Å². The van der Waals surface area contributed by atoms with E-state index in [2.05, 4.69) is 5.32 Å². The average molecular weight is 413 g/mol. The zero-order valence-electron chi connectivity index (χ0n) is 17.1. The largest absolute Gasteiger partial charge is 0.382 e. The number of rotatable bonds is 10. The van der Waals surface area contributed by atoms with Gasteiger partial charge in [0.1, 0.15) is 0 Å². The van der Waals surface area contributed by atoms with Crippen LogP contribution in [0.4, 0.5) is 0 Å². The number of carbonyl (C=O) groups excluding carboxylic acids is 1. The lowest BCUT2D eigenvalue weighted by Crippen LogP contribution is -2.42. The van der Waals surface area contributed by atoms with Gasteiger partial charge < -0.3 is 14.8 Å². The Morgan fingerprint density at radius 3 is 2.75 bits per heavy atom. The predicted octanol–water partition coefficient (Wildman–Crippen LogP) is 2.34. The first-order valence-electron chi connectivity index (χ1n) is 9.85. The van der Waals surface area contributed by atoms with Crippen LogP contribution in [0.1, 0.15) is 48.5 Å². The van der Waals surface area contributed by atoms with Crippen molar-refractivity contribution >= 4 is 15.9 Å². The molecule has 0 aliphatic carbocycles. The number of benzene rings is 1. The number of sulfonamides is 1. The number of nitrogens with one attached hydrogen (secondary N) is 1. The molecule has 28 heavy (non-hydrogen) atoms. The summed E-state index contributed by atoms with van der Waals surface area (Å²) in [4.78, 5) is 12.7. The summed E-state index contributed by atoms with van der Waals surface area (Å²) in [6.07, 6.45) is 3.46. The molecule has 1 unspecified atom stereocenters. The lowest BCUT2D eigenvalue weighted by atomic mass is 10.1. The first-order chi connectivity index (χ1) is 13.4. The summed E-state index contributed by atoms with van der Waals surface area (Å²) in [7, 11) is -1.98. The van der Waals surface area contributed by atoms with Gasteiger partial charge in [-0.3, -0.25) is 4.79 Å². The third kappa shape index (κ3) is 6.01. The van der Waals surface area contributed by atoms with Gasteiger partial charge in [0, 0.05) is 38.4 Å². The number of piperidine rings is 1. The van der Waals surface area contributed by atoms with Crippen LogP contribution in [0, 0.1) is 6.92 Å². The maximum Gasteiger partial charge on any atom is 0.251 e. The van der Waals surface area contributed by atoms with Crippen molar-refractivity contribution in [2.45, 2.75) is 50.5 Å². The maximum absolute atomic E-state index is 13.0. The van der Waals surface area contributed by atoms with Crippen LogP contribution in [-0.4, -0.2) is 64.7 Å². The fourth-order valence-corrected chi connectivity index (χ4v) is 5.01. The van der Waals surface area contributed by atoms with Gasteiger partial charge in [-0.2, -0.15) is 4.31 Å². The lowest BCUT2D eigenvalue weighted by Gasteiger charge is -2.32. The molecule has 158 valence electrons. The molecule has 0 saturated carbocycles. The summed E-state index contributed by atoms with van der Waals surface area (Å²) >= 11 is 0. The molecule has 1 aromatic rings. The van der Waals surface area contributed by atoms with Crippen molar-refractivity contribution in [3.8, 4) is 0 Å². The normalized spacial score (nSPS) is 18.2. The summed E-state index contributed by atoms with van der Waals surface area (Å²) in [5.41, 5.74) is 1.14. The number of nitrogens with zero attached hydrogens (tertiary/aromatic N) is 1. The van der Waals surface area contributed by atoms with Gasteiger partial charge in [0.25, 0.3) is 5.91 Å². The van der Waals surface area contributed by atoms with E-state index in [0.717, 1.165) is 24.8 Å². The molecule has 0 spiro atoms. The van der Waals surface area contributed by atoms with Crippen LogP contribution in [0.2, 0.25) is 0 Å². The molecular formula is C20H32N2O5S. The maximum atomic E-state index is 13.0. The molecule has 1 heterocycles. The van der Waals surface area contributed by atoms with E-state index >= 15 is 0 Å². The Kier molecular flexibility index (Phi) is 8.88. The highest BCUT2D eigenvalue weighted by atomic mass is 32.2. The number of methoxy groups -OCH3 is 1. The van der Waals surface area contributed by atoms with E-state index < -0.39 is 10.0 Å². The van der Waals surface area contributed by atoms with Crippen molar-refractivity contribution in [3.05, 3.63) is 29.3 Å². The van der Waals surface area contributed by atoms with Crippen LogP contribution < -0.4 is 5.32 Å². The molecule has 1 amide bonds. The van der Waals surface area contributed by atoms with Gasteiger partial charge >= 0.3 is 0 Å². The number of aryl methyl sites for hydroxylation is 1. The van der Waals surface area contributed by atoms with Crippen LogP contribution in [0.3, 0.4) is 0 Å². The SMILES string of the molecule is COCCOCCCNC(=O)c1cc(S(=O)(=O)N2CCCCC2C)ccc1C. The number of hydrogen-bond donors (Lipinski definition) is 1. The monoisotopic (exact) mass is 412 g/mol. The second-order valence-electron chi connectivity index (χ2n) is 7.15. The quantitative estimate of drug-likeness (QED) is 0.596. The van der Waals surface area contributed by atoms with Gasteiger partial charge in [0.15, 0.2) is 0 Å². The first-order valence-corrected chi connectivity index (χ1v) is 11.3. The lowest BCUT2D eigenvalue weighted by molar-refractivity contribution is 0.0688. The van der Waals surface area contributed by atoms with Crippen molar-refractivity contribution in [2.75, 3.05) is 40.0 Å². The third-order valence-corrected chi connectivity index (χ3v) is 6.99. The van der Waals surface area contributed by atoms with Crippen LogP contribution in [-0.2, 0) is 19.5 Å². The minimum atomic E-state index is -3.60. The van der Waals surface area contributed by atoms with Gasteiger partial charge in [-0.1, -0.05) is 12.5 Å². The molecule has 0 bridgehead atoms. The molecular weight excluding hydrogens is 380 g/mol. The first kappa shape index (κ1) is 22.8. The van der Waals surface area contributed by atoms with E-state index in [1.54, 1.807) is 23.5 Å². The third-order valence-electron chi connectivity index (χ3n) is 4.99. The standard InChI is InChI=1S/C20H32N2O5S/c1-16-8-9-18(28(24,25)22-11-5-4-7-17(22)2)15-19(16)20(23)21-10-6-12-27-14-13-26-3/h8-9,15,17H,4-7,10-14H2,1-3H3,(H,21,23). The van der Waals surface area contributed by atoms with Crippen molar-refractivity contribution in [3.63, 3.8) is 0 Å². The Hall–Kier alpha value is -1.48. The Bertz CT molecular complexity index is 751. The van der Waals surface area contributed by atoms with Gasteiger partial charge in [0.05, 0.1) is 18.1 Å². The average Bonchev–Trinajstić information content (AvgIpc) is 2.67. The number of hydrogen-bond acceptors (Lipinski definition) is 5. The zero-order valence-corrected chi connectivity index (χ0v) is 17.9. The molecule has 7 nitrogen and oxygen atoms in total. The predicted molar refractivity (Wildman–Crippen MR) is 108 cm³/mol. The van der Waals surface area contributed by atoms with Crippen molar-refractivity contribution in [1.82, 2.24) is 9.62 Å². The van der Waals surface area contributed by atoms with Crippen molar-refractivity contribution < 1.29 is 22.7 Å². The molecule has 1 atom stereocenters. The molecule has 1 aliphatic rings. The summed E-state index contributed by atoms with van der Waals surface area (Å²) < 4.78 is 37.9. The van der Waals surface area contributed by atoms with E-state index in [0.29, 0.717) is 44.9 Å². The molecule has 1 aromatic carbocycles. The minimum Gasteiger partial charge on any atom is -0.382 e. The Labute approximate surface area is 168 Å². The summed E-state index contributed by atoms with van der Waals surface area (Å²) in [6, 6.07) is 4.77. The Morgan fingerprint density at radius 2 is 2.04 bits per heavy atom. The van der Waals surface area contributed by atoms with E-state index in [1.807, 2.05) is 13.8 Å². The second-order valence-corrected chi connectivity index (χ2v) is 9.04. The van der Waals surface area contributed by atoms with Crippen LogP contribution in [0.5, 0.6) is 0 Å². The summed E-state index contributed by atoms with van der Waals surface area (Å²) in [6.45, 7) is 6.34. The fourth-order valence-electron chi connectivity index (χ4n) is 3.29. The van der Waals surface area contributed by atoms with E-state index in [9.17, 15) is 13.2 Å². The minimum absolute atomic E-state index is 0.0181. The topological polar surface area (TPSA) is 84.9 Å². The molecule has 1 fully saturated rings. The molecule has 2 rings (SSSR count). The van der Waals surface area contributed by atoms with Gasteiger partial charge in [-0.15, -0.1) is 0 Å². The second kappa shape index (κ2) is 10.9. The van der Waals surface area contributed by atoms with Gasteiger partial charge in [-0.25, -0.2) is 8.42 Å². The summed E-state index contributed by atoms with van der Waals surface area (Å²) in [5.74, 6) is -0.266.